The number of likely N-dealkylation sites (tertiary alicyclic amines) is 1. The number of carbonyl (C=O) groups is 2. The topological polar surface area (TPSA) is 94.1 Å². The Labute approximate surface area is 156 Å². The number of hydrogen-bond acceptors (Lipinski definition) is 4. The van der Waals surface area contributed by atoms with E-state index in [4.69, 9.17) is 10.7 Å². The first-order valence-corrected chi connectivity index (χ1v) is 9.05. The molecule has 0 radical (unpaired) electrons. The summed E-state index contributed by atoms with van der Waals surface area (Å²) in [6.45, 7) is 1.52. The molecule has 4 rings (SSSR count). The lowest BCUT2D eigenvalue weighted by molar-refractivity contribution is -0.133. The molecule has 0 spiro atoms. The van der Waals surface area contributed by atoms with Crippen molar-refractivity contribution in [2.45, 2.75) is 25.3 Å². The maximum atomic E-state index is 12.6. The van der Waals surface area contributed by atoms with E-state index in [0.717, 1.165) is 23.7 Å². The maximum absolute atomic E-state index is 12.6. The number of carbonyl (C=O) groups excluding carboxylic acids is 2. The molecular weight excluding hydrogens is 342 g/mol. The Bertz CT molecular complexity index is 983. The van der Waals surface area contributed by atoms with E-state index in [-0.39, 0.29) is 18.4 Å². The van der Waals surface area contributed by atoms with Crippen molar-refractivity contribution in [2.24, 2.45) is 5.73 Å². The number of nitrogens with two attached hydrogens (primary N) is 1. The Morgan fingerprint density at radius 1 is 1.26 bits per heavy atom. The molecule has 3 heterocycles. The molecule has 1 fully saturated rings. The van der Waals surface area contributed by atoms with Gasteiger partial charge >= 0.3 is 0 Å². The number of imidazole rings is 1. The number of aromatic nitrogens is 3. The van der Waals surface area contributed by atoms with E-state index in [2.05, 4.69) is 4.98 Å². The summed E-state index contributed by atoms with van der Waals surface area (Å²) in [7, 11) is 0. The normalized spacial score (nSPS) is 17.2. The third-order valence-corrected chi connectivity index (χ3v) is 5.06. The second kappa shape index (κ2) is 7.19. The van der Waals surface area contributed by atoms with E-state index in [0.29, 0.717) is 24.3 Å². The van der Waals surface area contributed by atoms with Crippen LogP contribution in [-0.2, 0) is 11.3 Å². The predicted molar refractivity (Wildman–Crippen MR) is 101 cm³/mol. The van der Waals surface area contributed by atoms with Crippen molar-refractivity contribution < 1.29 is 9.59 Å². The number of benzene rings is 1. The van der Waals surface area contributed by atoms with Gasteiger partial charge in [-0.3, -0.25) is 14.6 Å². The van der Waals surface area contributed by atoms with Gasteiger partial charge in [-0.1, -0.05) is 18.2 Å². The van der Waals surface area contributed by atoms with Gasteiger partial charge in [0.05, 0.1) is 23.1 Å². The molecule has 0 bridgehead atoms. The molecule has 138 valence electrons. The molecule has 3 aromatic rings. The summed E-state index contributed by atoms with van der Waals surface area (Å²) < 4.78 is 1.76. The van der Waals surface area contributed by atoms with Crippen LogP contribution < -0.4 is 5.73 Å². The smallest absolute Gasteiger partial charge is 0.250 e. The molecule has 0 saturated carbocycles. The third-order valence-electron chi connectivity index (χ3n) is 5.06. The first-order chi connectivity index (χ1) is 13.1. The SMILES string of the molecule is NC(=O)c1cc2ccccc2nc1[C@H]1CCCN(C(=O)Cn2ccnc2)C1. The number of nitrogens with zero attached hydrogens (tertiary/aromatic N) is 4. The van der Waals surface area contributed by atoms with E-state index in [9.17, 15) is 9.59 Å². The Morgan fingerprint density at radius 2 is 2.11 bits per heavy atom. The number of fused-ring (bicyclic) bond motifs is 1. The van der Waals surface area contributed by atoms with Gasteiger partial charge < -0.3 is 15.2 Å². The van der Waals surface area contributed by atoms with Crippen LogP contribution in [-0.4, -0.2) is 44.3 Å². The molecular formula is C20H21N5O2. The summed E-state index contributed by atoms with van der Waals surface area (Å²) in [5, 5.41) is 0.888. The minimum absolute atomic E-state index is 0.00223. The van der Waals surface area contributed by atoms with Gasteiger partial charge in [0, 0.05) is 36.8 Å². The van der Waals surface area contributed by atoms with Gasteiger partial charge in [-0.05, 0) is 25.0 Å². The summed E-state index contributed by atoms with van der Waals surface area (Å²) in [4.78, 5) is 35.2. The molecule has 7 heteroatoms. The highest BCUT2D eigenvalue weighted by atomic mass is 16.2. The minimum Gasteiger partial charge on any atom is -0.366 e. The highest BCUT2D eigenvalue weighted by Crippen LogP contribution is 2.30. The zero-order valence-corrected chi connectivity index (χ0v) is 14.9. The van der Waals surface area contributed by atoms with Gasteiger partial charge in [-0.25, -0.2) is 4.98 Å². The quantitative estimate of drug-likeness (QED) is 0.766. The highest BCUT2D eigenvalue weighted by molar-refractivity contribution is 5.97. The molecule has 7 nitrogen and oxygen atoms in total. The number of amides is 2. The molecule has 2 N–H and O–H groups in total. The standard InChI is InChI=1S/C20H21N5O2/c21-20(27)16-10-14-4-1-2-6-17(14)23-19(16)15-5-3-8-25(11-15)18(26)12-24-9-7-22-13-24/h1-2,4,6-7,9-10,13,15H,3,5,8,11-12H2,(H2,21,27)/t15-/m0/s1. The minimum atomic E-state index is -0.481. The van der Waals surface area contributed by atoms with E-state index in [1.54, 1.807) is 23.3 Å². The first kappa shape index (κ1) is 17.2. The van der Waals surface area contributed by atoms with Gasteiger partial charge in [-0.2, -0.15) is 0 Å². The zero-order chi connectivity index (χ0) is 18.8. The van der Waals surface area contributed by atoms with Crippen molar-refractivity contribution in [2.75, 3.05) is 13.1 Å². The molecule has 2 amide bonds. The van der Waals surface area contributed by atoms with Crippen molar-refractivity contribution in [3.05, 3.63) is 60.3 Å². The van der Waals surface area contributed by atoms with Crippen LogP contribution in [0.4, 0.5) is 0 Å². The first-order valence-electron chi connectivity index (χ1n) is 9.05. The Morgan fingerprint density at radius 3 is 2.89 bits per heavy atom. The van der Waals surface area contributed by atoms with Crippen LogP contribution in [0.1, 0.15) is 34.8 Å². The fraction of sp³-hybridized carbons (Fsp3) is 0.300. The number of rotatable bonds is 4. The lowest BCUT2D eigenvalue weighted by atomic mass is 9.90. The highest BCUT2D eigenvalue weighted by Gasteiger charge is 2.28. The Hall–Kier alpha value is -3.22. The fourth-order valence-corrected chi connectivity index (χ4v) is 3.70. The van der Waals surface area contributed by atoms with Crippen molar-refractivity contribution in [3.8, 4) is 0 Å². The van der Waals surface area contributed by atoms with Gasteiger partial charge in [0.15, 0.2) is 0 Å². The van der Waals surface area contributed by atoms with E-state index in [1.165, 1.54) is 0 Å². The molecule has 1 atom stereocenters. The maximum Gasteiger partial charge on any atom is 0.250 e. The predicted octanol–water partition coefficient (Wildman–Crippen LogP) is 1.94. The van der Waals surface area contributed by atoms with Crippen molar-refractivity contribution >= 4 is 22.7 Å². The number of para-hydroxylation sites is 1. The van der Waals surface area contributed by atoms with Crippen molar-refractivity contribution in [1.29, 1.82) is 0 Å². The third kappa shape index (κ3) is 3.53. The van der Waals surface area contributed by atoms with Crippen LogP contribution >= 0.6 is 0 Å². The fourth-order valence-electron chi connectivity index (χ4n) is 3.70. The molecule has 1 aliphatic rings. The molecule has 1 aliphatic heterocycles. The number of hydrogen-bond donors (Lipinski definition) is 1. The molecule has 0 aliphatic carbocycles. The second-order valence-electron chi connectivity index (χ2n) is 6.89. The summed E-state index contributed by atoms with van der Waals surface area (Å²) >= 11 is 0. The summed E-state index contributed by atoms with van der Waals surface area (Å²) in [5.74, 6) is -0.443. The molecule has 0 unspecified atom stereocenters. The van der Waals surface area contributed by atoms with Gasteiger partial charge in [0.1, 0.15) is 6.54 Å². The molecule has 2 aromatic heterocycles. The van der Waals surface area contributed by atoms with E-state index in [1.807, 2.05) is 35.2 Å². The van der Waals surface area contributed by atoms with Crippen LogP contribution in [0.2, 0.25) is 0 Å². The van der Waals surface area contributed by atoms with Gasteiger partial charge in [0.2, 0.25) is 5.91 Å². The lowest BCUT2D eigenvalue weighted by Gasteiger charge is -2.33. The van der Waals surface area contributed by atoms with Gasteiger partial charge in [0.25, 0.3) is 5.91 Å². The lowest BCUT2D eigenvalue weighted by Crippen LogP contribution is -2.41. The second-order valence-corrected chi connectivity index (χ2v) is 6.89. The number of primary amides is 1. The molecule has 27 heavy (non-hydrogen) atoms. The number of pyridine rings is 1. The van der Waals surface area contributed by atoms with Crippen LogP contribution in [0.5, 0.6) is 0 Å². The Kier molecular flexibility index (Phi) is 4.58. The zero-order valence-electron chi connectivity index (χ0n) is 14.9. The average Bonchev–Trinajstić information content (AvgIpc) is 3.20. The van der Waals surface area contributed by atoms with Crippen LogP contribution in [0, 0.1) is 0 Å². The van der Waals surface area contributed by atoms with Crippen molar-refractivity contribution in [1.82, 2.24) is 19.4 Å². The average molecular weight is 363 g/mol. The van der Waals surface area contributed by atoms with E-state index >= 15 is 0 Å². The summed E-state index contributed by atoms with van der Waals surface area (Å²) in [5.41, 5.74) is 7.60. The monoisotopic (exact) mass is 363 g/mol. The van der Waals surface area contributed by atoms with Crippen LogP contribution in [0.15, 0.2) is 49.1 Å². The van der Waals surface area contributed by atoms with Gasteiger partial charge in [-0.15, -0.1) is 0 Å². The summed E-state index contributed by atoms with van der Waals surface area (Å²) in [6.07, 6.45) is 6.81. The van der Waals surface area contributed by atoms with Crippen LogP contribution in [0.25, 0.3) is 10.9 Å². The molecule has 1 saturated heterocycles. The Balaban J connectivity index is 1.61. The largest absolute Gasteiger partial charge is 0.366 e. The van der Waals surface area contributed by atoms with E-state index < -0.39 is 5.91 Å². The summed E-state index contributed by atoms with van der Waals surface area (Å²) in [6, 6.07) is 9.48. The van der Waals surface area contributed by atoms with Crippen molar-refractivity contribution in [3.63, 3.8) is 0 Å². The number of piperidine rings is 1. The molecule has 1 aromatic carbocycles. The van der Waals surface area contributed by atoms with Crippen LogP contribution in [0.3, 0.4) is 0 Å².